The van der Waals surface area contributed by atoms with Gasteiger partial charge in [-0.1, -0.05) is 11.6 Å². The molecule has 0 aromatic carbocycles. The van der Waals surface area contributed by atoms with E-state index >= 15 is 0 Å². The fourth-order valence-corrected chi connectivity index (χ4v) is 4.36. The molecule has 96 valence electrons. The number of hydrogen-bond donors (Lipinski definition) is 2. The van der Waals surface area contributed by atoms with Crippen molar-refractivity contribution in [3.63, 3.8) is 0 Å². The molecule has 0 bridgehead atoms. The first-order valence-corrected chi connectivity index (χ1v) is 7.93. The topological polar surface area (TPSA) is 66.4 Å². The maximum Gasteiger partial charge on any atom is 0.250 e. The van der Waals surface area contributed by atoms with Crippen molar-refractivity contribution in [3.8, 4) is 0 Å². The molecule has 4 nitrogen and oxygen atoms in total. The van der Waals surface area contributed by atoms with Crippen LogP contribution in [0.25, 0.3) is 0 Å². The van der Waals surface area contributed by atoms with Crippen molar-refractivity contribution in [2.75, 3.05) is 13.2 Å². The fourth-order valence-electron chi connectivity index (χ4n) is 1.45. The predicted octanol–water partition coefficient (Wildman–Crippen LogP) is 1.76. The lowest BCUT2D eigenvalue weighted by Crippen LogP contribution is -2.31. The molecule has 0 aliphatic heterocycles. The molecule has 1 heterocycles. The molecule has 0 atom stereocenters. The molecule has 0 radical (unpaired) electrons. The number of aryl methyl sites for hydroxylation is 1. The van der Waals surface area contributed by atoms with Crippen LogP contribution in [0.5, 0.6) is 0 Å². The van der Waals surface area contributed by atoms with E-state index in [2.05, 4.69) is 4.72 Å². The zero-order valence-corrected chi connectivity index (χ0v) is 11.8. The second kappa shape index (κ2) is 4.51. The van der Waals surface area contributed by atoms with Gasteiger partial charge in [-0.25, -0.2) is 13.1 Å². The standard InChI is InChI=1S/C10H14ClNO3S2/c1-7-4-8(16-9(7)11)17(14,15)12-5-10(6-13)2-3-10/h4,12-13H,2-3,5-6H2,1H3. The summed E-state index contributed by atoms with van der Waals surface area (Å²) >= 11 is 6.90. The Morgan fingerprint density at radius 3 is 2.65 bits per heavy atom. The van der Waals surface area contributed by atoms with Crippen LogP contribution in [0.15, 0.2) is 10.3 Å². The van der Waals surface area contributed by atoms with E-state index in [0.29, 0.717) is 10.9 Å². The van der Waals surface area contributed by atoms with Gasteiger partial charge in [-0.05, 0) is 31.4 Å². The summed E-state index contributed by atoms with van der Waals surface area (Å²) in [6.45, 7) is 2.09. The molecule has 0 unspecified atom stereocenters. The van der Waals surface area contributed by atoms with Crippen molar-refractivity contribution in [3.05, 3.63) is 16.0 Å². The Morgan fingerprint density at radius 1 is 1.59 bits per heavy atom. The first kappa shape index (κ1) is 13.3. The lowest BCUT2D eigenvalue weighted by molar-refractivity contribution is 0.213. The zero-order valence-electron chi connectivity index (χ0n) is 9.36. The molecule has 7 heteroatoms. The van der Waals surface area contributed by atoms with Crippen molar-refractivity contribution in [1.29, 1.82) is 0 Å². The van der Waals surface area contributed by atoms with Gasteiger partial charge in [0.05, 0.1) is 4.34 Å². The van der Waals surface area contributed by atoms with Crippen molar-refractivity contribution >= 4 is 33.0 Å². The number of thiophene rings is 1. The molecular formula is C10H14ClNO3S2. The Morgan fingerprint density at radius 2 is 2.24 bits per heavy atom. The van der Waals surface area contributed by atoms with Crippen LogP contribution < -0.4 is 4.72 Å². The van der Waals surface area contributed by atoms with E-state index in [1.807, 2.05) is 0 Å². The van der Waals surface area contributed by atoms with E-state index in [1.54, 1.807) is 13.0 Å². The third-order valence-corrected chi connectivity index (χ3v) is 6.46. The minimum atomic E-state index is -3.49. The summed E-state index contributed by atoms with van der Waals surface area (Å²) in [6, 6.07) is 1.56. The molecule has 1 saturated carbocycles. The minimum Gasteiger partial charge on any atom is -0.396 e. The molecule has 2 N–H and O–H groups in total. The summed E-state index contributed by atoms with van der Waals surface area (Å²) in [7, 11) is -3.49. The zero-order chi connectivity index (χ0) is 12.7. The lowest BCUT2D eigenvalue weighted by Gasteiger charge is -2.12. The van der Waals surface area contributed by atoms with Crippen LogP contribution in [0.4, 0.5) is 0 Å². The first-order chi connectivity index (χ1) is 7.88. The maximum absolute atomic E-state index is 11.9. The summed E-state index contributed by atoms with van der Waals surface area (Å²) in [5, 5.41) is 9.12. The van der Waals surface area contributed by atoms with Crippen molar-refractivity contribution in [1.82, 2.24) is 4.72 Å². The number of hydrogen-bond acceptors (Lipinski definition) is 4. The van der Waals surface area contributed by atoms with Gasteiger partial charge in [0.2, 0.25) is 10.0 Å². The van der Waals surface area contributed by atoms with Gasteiger partial charge in [0.1, 0.15) is 4.21 Å². The van der Waals surface area contributed by atoms with E-state index in [-0.39, 0.29) is 16.2 Å². The van der Waals surface area contributed by atoms with E-state index in [9.17, 15) is 8.42 Å². The number of sulfonamides is 1. The summed E-state index contributed by atoms with van der Waals surface area (Å²) < 4.78 is 27.2. The van der Waals surface area contributed by atoms with Gasteiger partial charge in [-0.2, -0.15) is 0 Å². The van der Waals surface area contributed by atoms with Crippen LogP contribution in [-0.2, 0) is 10.0 Å². The van der Waals surface area contributed by atoms with Crippen LogP contribution in [0, 0.1) is 12.3 Å². The quantitative estimate of drug-likeness (QED) is 0.870. The van der Waals surface area contributed by atoms with Crippen LogP contribution in [0.1, 0.15) is 18.4 Å². The third-order valence-electron chi connectivity index (χ3n) is 3.03. The highest BCUT2D eigenvalue weighted by atomic mass is 35.5. The molecule has 1 aromatic rings. The van der Waals surface area contributed by atoms with Crippen LogP contribution in [0.2, 0.25) is 4.34 Å². The average molecular weight is 296 g/mol. The van der Waals surface area contributed by atoms with Gasteiger partial charge in [-0.3, -0.25) is 0 Å². The predicted molar refractivity (Wildman–Crippen MR) is 68.0 cm³/mol. The van der Waals surface area contributed by atoms with Crippen molar-refractivity contribution in [2.24, 2.45) is 5.41 Å². The smallest absolute Gasteiger partial charge is 0.250 e. The summed E-state index contributed by atoms with van der Waals surface area (Å²) in [5.74, 6) is 0. The van der Waals surface area contributed by atoms with Crippen LogP contribution in [0.3, 0.4) is 0 Å². The molecule has 17 heavy (non-hydrogen) atoms. The molecule has 1 aromatic heterocycles. The molecule has 0 saturated heterocycles. The highest BCUT2D eigenvalue weighted by Crippen LogP contribution is 2.44. The van der Waals surface area contributed by atoms with E-state index in [1.165, 1.54) is 0 Å². The van der Waals surface area contributed by atoms with Gasteiger partial charge in [0, 0.05) is 18.6 Å². The molecule has 1 fully saturated rings. The molecule has 0 amide bonds. The number of rotatable bonds is 5. The monoisotopic (exact) mass is 295 g/mol. The third kappa shape index (κ3) is 2.82. The SMILES string of the molecule is Cc1cc(S(=O)(=O)NCC2(CO)CC2)sc1Cl. The van der Waals surface area contributed by atoms with Gasteiger partial charge in [-0.15, -0.1) is 11.3 Å². The van der Waals surface area contributed by atoms with E-state index < -0.39 is 10.0 Å². The lowest BCUT2D eigenvalue weighted by atomic mass is 10.1. The van der Waals surface area contributed by atoms with Crippen molar-refractivity contribution < 1.29 is 13.5 Å². The maximum atomic E-state index is 11.9. The highest BCUT2D eigenvalue weighted by Gasteiger charge is 2.42. The van der Waals surface area contributed by atoms with E-state index in [4.69, 9.17) is 16.7 Å². The summed E-state index contributed by atoms with van der Waals surface area (Å²) in [5.41, 5.74) is 0.531. The largest absolute Gasteiger partial charge is 0.396 e. The second-order valence-corrected chi connectivity index (χ2v) is 8.15. The van der Waals surface area contributed by atoms with Gasteiger partial charge < -0.3 is 5.11 Å². The Hall–Kier alpha value is -0.140. The Balaban J connectivity index is 2.09. The Bertz CT molecular complexity index is 500. The number of nitrogens with one attached hydrogen (secondary N) is 1. The minimum absolute atomic E-state index is 0.0275. The second-order valence-electron chi connectivity index (χ2n) is 4.50. The molecule has 0 spiro atoms. The average Bonchev–Trinajstić information content (AvgIpc) is 2.99. The van der Waals surface area contributed by atoms with Gasteiger partial charge >= 0.3 is 0 Å². The highest BCUT2D eigenvalue weighted by molar-refractivity contribution is 7.91. The van der Waals surface area contributed by atoms with Gasteiger partial charge in [0.15, 0.2) is 0 Å². The Kier molecular flexibility index (Phi) is 3.53. The summed E-state index contributed by atoms with van der Waals surface area (Å²) in [6.07, 6.45) is 1.74. The van der Waals surface area contributed by atoms with Gasteiger partial charge in [0.25, 0.3) is 0 Å². The molecule has 2 rings (SSSR count). The fraction of sp³-hybridized carbons (Fsp3) is 0.600. The molecule has 1 aliphatic carbocycles. The summed E-state index contributed by atoms with van der Waals surface area (Å²) in [4.78, 5) is 0. The van der Waals surface area contributed by atoms with Crippen LogP contribution >= 0.6 is 22.9 Å². The number of aliphatic hydroxyl groups excluding tert-OH is 1. The molecular weight excluding hydrogens is 282 g/mol. The number of halogens is 1. The van der Waals surface area contributed by atoms with Crippen LogP contribution in [-0.4, -0.2) is 26.7 Å². The first-order valence-electron chi connectivity index (χ1n) is 5.25. The van der Waals surface area contributed by atoms with Crippen molar-refractivity contribution in [2.45, 2.75) is 24.0 Å². The molecule has 1 aliphatic rings. The Labute approximate surface area is 110 Å². The normalized spacial score (nSPS) is 18.3. The van der Waals surface area contributed by atoms with E-state index in [0.717, 1.165) is 29.7 Å². The number of aliphatic hydroxyl groups is 1.